The molecule has 0 aromatic heterocycles. The predicted molar refractivity (Wildman–Crippen MR) is 73.0 cm³/mol. The van der Waals surface area contributed by atoms with Gasteiger partial charge < -0.3 is 21.0 Å². The predicted octanol–water partition coefficient (Wildman–Crippen LogP) is 1.08. The molecule has 0 saturated heterocycles. The third kappa shape index (κ3) is 4.70. The average Bonchev–Trinajstić information content (AvgIpc) is 3.19. The van der Waals surface area contributed by atoms with Gasteiger partial charge in [0.15, 0.2) is 5.84 Å². The first-order valence-corrected chi connectivity index (χ1v) is 6.82. The van der Waals surface area contributed by atoms with E-state index in [4.69, 9.17) is 15.7 Å². The highest BCUT2D eigenvalue weighted by molar-refractivity contribution is 6.02. The second kappa shape index (κ2) is 7.33. The number of carbonyl (C=O) groups is 1. The van der Waals surface area contributed by atoms with Crippen molar-refractivity contribution in [3.63, 3.8) is 0 Å². The molecule has 1 fully saturated rings. The van der Waals surface area contributed by atoms with Crippen molar-refractivity contribution in [3.8, 4) is 0 Å². The van der Waals surface area contributed by atoms with Crippen LogP contribution in [-0.4, -0.2) is 37.2 Å². The van der Waals surface area contributed by atoms with Gasteiger partial charge >= 0.3 is 0 Å². The minimum Gasteiger partial charge on any atom is -0.409 e. The first-order chi connectivity index (χ1) is 9.08. The lowest BCUT2D eigenvalue weighted by Gasteiger charge is -2.19. The molecule has 6 heteroatoms. The molecule has 0 bridgehead atoms. The lowest BCUT2D eigenvalue weighted by atomic mass is 9.99. The number of nitrogens with one attached hydrogen (secondary N) is 1. The van der Waals surface area contributed by atoms with E-state index in [0.29, 0.717) is 19.6 Å². The Bertz CT molecular complexity index is 327. The minimum atomic E-state index is -0.534. The summed E-state index contributed by atoms with van der Waals surface area (Å²) in [6, 6.07) is 0. The Labute approximate surface area is 114 Å². The number of oxime groups is 1. The van der Waals surface area contributed by atoms with Gasteiger partial charge in [-0.1, -0.05) is 18.5 Å². The quantitative estimate of drug-likeness (QED) is 0.253. The summed E-state index contributed by atoms with van der Waals surface area (Å²) in [6.45, 7) is 3.33. The Morgan fingerprint density at radius 1 is 1.58 bits per heavy atom. The molecule has 0 spiro atoms. The fraction of sp³-hybridized carbons (Fsp3) is 0.846. The molecule has 0 heterocycles. The Morgan fingerprint density at radius 2 is 2.26 bits per heavy atom. The number of rotatable bonds is 9. The minimum absolute atomic E-state index is 0.0129. The number of nitrogens with two attached hydrogens (primary N) is 1. The molecule has 1 aliphatic rings. The Balaban J connectivity index is 2.44. The van der Waals surface area contributed by atoms with E-state index in [0.717, 1.165) is 25.7 Å². The van der Waals surface area contributed by atoms with Crippen LogP contribution in [0.4, 0.5) is 0 Å². The number of amidine groups is 1. The van der Waals surface area contributed by atoms with Crippen LogP contribution >= 0.6 is 0 Å². The number of amides is 1. The van der Waals surface area contributed by atoms with E-state index in [-0.39, 0.29) is 17.2 Å². The van der Waals surface area contributed by atoms with Crippen molar-refractivity contribution in [2.75, 3.05) is 20.3 Å². The zero-order valence-electron chi connectivity index (χ0n) is 11.8. The van der Waals surface area contributed by atoms with Gasteiger partial charge in [0, 0.05) is 20.3 Å². The van der Waals surface area contributed by atoms with Crippen molar-refractivity contribution >= 4 is 11.7 Å². The summed E-state index contributed by atoms with van der Waals surface area (Å²) >= 11 is 0. The van der Waals surface area contributed by atoms with Crippen molar-refractivity contribution in [3.05, 3.63) is 0 Å². The van der Waals surface area contributed by atoms with Gasteiger partial charge in [-0.05, 0) is 31.1 Å². The number of hydrogen-bond acceptors (Lipinski definition) is 4. The van der Waals surface area contributed by atoms with Crippen LogP contribution in [0, 0.1) is 11.3 Å². The molecule has 0 aromatic rings. The molecular formula is C13H25N3O3. The molecule has 0 aliphatic heterocycles. The van der Waals surface area contributed by atoms with Crippen LogP contribution in [0.3, 0.4) is 0 Å². The van der Waals surface area contributed by atoms with Gasteiger partial charge in [-0.3, -0.25) is 4.79 Å². The molecule has 1 unspecified atom stereocenters. The molecule has 1 atom stereocenters. The van der Waals surface area contributed by atoms with Gasteiger partial charge in [-0.2, -0.15) is 0 Å². The van der Waals surface area contributed by atoms with E-state index in [1.807, 2.05) is 6.92 Å². The molecule has 0 aromatic carbocycles. The molecule has 1 amide bonds. The van der Waals surface area contributed by atoms with E-state index in [1.54, 1.807) is 7.11 Å². The van der Waals surface area contributed by atoms with Crippen LogP contribution in [0.25, 0.3) is 0 Å². The number of ether oxygens (including phenoxy) is 1. The summed E-state index contributed by atoms with van der Waals surface area (Å²) in [6.07, 6.45) is 4.61. The van der Waals surface area contributed by atoms with Gasteiger partial charge in [0.2, 0.25) is 5.91 Å². The third-order valence-electron chi connectivity index (χ3n) is 3.80. The maximum atomic E-state index is 12.1. The van der Waals surface area contributed by atoms with Gasteiger partial charge in [-0.25, -0.2) is 0 Å². The molecule has 4 N–H and O–H groups in total. The maximum absolute atomic E-state index is 12.1. The summed E-state index contributed by atoms with van der Waals surface area (Å²) in [4.78, 5) is 12.1. The van der Waals surface area contributed by atoms with Gasteiger partial charge in [-0.15, -0.1) is 0 Å². The number of methoxy groups -OCH3 is 1. The van der Waals surface area contributed by atoms with E-state index in [2.05, 4.69) is 10.5 Å². The zero-order valence-corrected chi connectivity index (χ0v) is 11.8. The molecule has 1 aliphatic carbocycles. The first-order valence-electron chi connectivity index (χ1n) is 6.82. The molecule has 19 heavy (non-hydrogen) atoms. The zero-order chi connectivity index (χ0) is 14.3. The van der Waals surface area contributed by atoms with Crippen LogP contribution in [0.15, 0.2) is 5.16 Å². The SMILES string of the molecule is CCCC(C(=O)NCC1(CCOC)CC1)C(N)=NO. The summed E-state index contributed by atoms with van der Waals surface area (Å²) in [5, 5.41) is 14.6. The van der Waals surface area contributed by atoms with E-state index in [1.165, 1.54) is 0 Å². The smallest absolute Gasteiger partial charge is 0.230 e. The Hall–Kier alpha value is -1.30. The van der Waals surface area contributed by atoms with Crippen molar-refractivity contribution in [2.45, 2.75) is 39.0 Å². The molecule has 0 radical (unpaired) electrons. The molecule has 1 rings (SSSR count). The number of nitrogens with zero attached hydrogens (tertiary/aromatic N) is 1. The van der Waals surface area contributed by atoms with Crippen LogP contribution in [0.2, 0.25) is 0 Å². The number of carbonyl (C=O) groups excluding carboxylic acids is 1. The summed E-state index contributed by atoms with van der Waals surface area (Å²) < 4.78 is 5.08. The molecule has 6 nitrogen and oxygen atoms in total. The highest BCUT2D eigenvalue weighted by Crippen LogP contribution is 2.48. The van der Waals surface area contributed by atoms with Crippen molar-refractivity contribution in [2.24, 2.45) is 22.2 Å². The lowest BCUT2D eigenvalue weighted by Crippen LogP contribution is -2.41. The normalized spacial score (nSPS) is 18.9. The molecular weight excluding hydrogens is 246 g/mol. The van der Waals surface area contributed by atoms with Gasteiger partial charge in [0.25, 0.3) is 0 Å². The standard InChI is InChI=1S/C13H25N3O3/c1-3-4-10(11(14)16-18)12(17)15-9-13(5-6-13)7-8-19-2/h10,18H,3-9H2,1-2H3,(H2,14,16)(H,15,17). The summed E-state index contributed by atoms with van der Waals surface area (Å²) in [7, 11) is 1.68. The average molecular weight is 271 g/mol. The Kier molecular flexibility index (Phi) is 6.08. The van der Waals surface area contributed by atoms with Gasteiger partial charge in [0.1, 0.15) is 0 Å². The summed E-state index contributed by atoms with van der Waals surface area (Å²) in [5.74, 6) is -0.699. The first kappa shape index (κ1) is 15.8. The highest BCUT2D eigenvalue weighted by Gasteiger charge is 2.42. The van der Waals surface area contributed by atoms with E-state index in [9.17, 15) is 4.79 Å². The van der Waals surface area contributed by atoms with Crippen LogP contribution in [0.5, 0.6) is 0 Å². The summed E-state index contributed by atoms with van der Waals surface area (Å²) in [5.41, 5.74) is 5.76. The molecule has 110 valence electrons. The van der Waals surface area contributed by atoms with Gasteiger partial charge in [0.05, 0.1) is 5.92 Å². The largest absolute Gasteiger partial charge is 0.409 e. The fourth-order valence-corrected chi connectivity index (χ4v) is 2.18. The number of hydrogen-bond donors (Lipinski definition) is 3. The lowest BCUT2D eigenvalue weighted by molar-refractivity contribution is -0.123. The maximum Gasteiger partial charge on any atom is 0.230 e. The highest BCUT2D eigenvalue weighted by atomic mass is 16.5. The van der Waals surface area contributed by atoms with E-state index < -0.39 is 5.92 Å². The Morgan fingerprint density at radius 3 is 2.74 bits per heavy atom. The van der Waals surface area contributed by atoms with Crippen molar-refractivity contribution in [1.29, 1.82) is 0 Å². The second-order valence-corrected chi connectivity index (χ2v) is 5.33. The van der Waals surface area contributed by atoms with Crippen molar-refractivity contribution < 1.29 is 14.7 Å². The van der Waals surface area contributed by atoms with Crippen molar-refractivity contribution in [1.82, 2.24) is 5.32 Å². The fourth-order valence-electron chi connectivity index (χ4n) is 2.18. The van der Waals surface area contributed by atoms with Crippen LogP contribution in [-0.2, 0) is 9.53 Å². The molecule has 1 saturated carbocycles. The third-order valence-corrected chi connectivity index (χ3v) is 3.80. The van der Waals surface area contributed by atoms with Crippen LogP contribution < -0.4 is 11.1 Å². The van der Waals surface area contributed by atoms with E-state index >= 15 is 0 Å². The monoisotopic (exact) mass is 271 g/mol. The topological polar surface area (TPSA) is 96.9 Å². The van der Waals surface area contributed by atoms with Crippen LogP contribution in [0.1, 0.15) is 39.0 Å². The second-order valence-electron chi connectivity index (χ2n) is 5.33.